The number of nitrogens with one attached hydrogen (secondary N) is 2. The highest BCUT2D eigenvalue weighted by Gasteiger charge is 2.20. The van der Waals surface area contributed by atoms with E-state index < -0.39 is 0 Å². The minimum absolute atomic E-state index is 0.208. The minimum Gasteiger partial charge on any atom is -0.348 e. The van der Waals surface area contributed by atoms with Crippen LogP contribution >= 0.6 is 22.7 Å². The molecule has 0 spiro atoms. The Bertz CT molecular complexity index is 538. The van der Waals surface area contributed by atoms with Crippen molar-refractivity contribution in [2.75, 3.05) is 6.54 Å². The van der Waals surface area contributed by atoms with Crippen LogP contribution in [0, 0.1) is 0 Å². The predicted molar refractivity (Wildman–Crippen MR) is 96.9 cm³/mol. The van der Waals surface area contributed by atoms with Crippen LogP contribution in [0.4, 0.5) is 0 Å². The molecule has 0 radical (unpaired) electrons. The molecule has 2 N–H and O–H groups in total. The first-order chi connectivity index (χ1) is 11.3. The van der Waals surface area contributed by atoms with E-state index in [1.165, 1.54) is 33.9 Å². The van der Waals surface area contributed by atoms with Crippen LogP contribution in [-0.4, -0.2) is 18.5 Å². The Morgan fingerprint density at radius 2 is 1.65 bits per heavy atom. The zero-order valence-corrected chi connectivity index (χ0v) is 15.1. The highest BCUT2D eigenvalue weighted by Crippen LogP contribution is 2.17. The van der Waals surface area contributed by atoms with Crippen LogP contribution in [0.5, 0.6) is 0 Å². The van der Waals surface area contributed by atoms with Gasteiger partial charge in [0.15, 0.2) is 6.54 Å². The average Bonchev–Trinajstić information content (AvgIpc) is 3.22. The number of amides is 1. The van der Waals surface area contributed by atoms with Crippen molar-refractivity contribution in [2.45, 2.75) is 51.2 Å². The number of carbonyl (C=O) groups excluding carboxylic acids is 1. The predicted octanol–water partition coefficient (Wildman–Crippen LogP) is 2.84. The van der Waals surface area contributed by atoms with E-state index >= 15 is 0 Å². The van der Waals surface area contributed by atoms with Crippen LogP contribution in [-0.2, 0) is 17.9 Å². The molecule has 1 aliphatic rings. The van der Waals surface area contributed by atoms with Gasteiger partial charge in [0.05, 0.1) is 9.75 Å². The zero-order chi connectivity index (χ0) is 15.9. The normalized spacial score (nSPS) is 15.9. The van der Waals surface area contributed by atoms with Crippen molar-refractivity contribution in [1.82, 2.24) is 5.32 Å². The van der Waals surface area contributed by atoms with E-state index in [4.69, 9.17) is 0 Å². The van der Waals surface area contributed by atoms with Crippen LogP contribution < -0.4 is 10.2 Å². The van der Waals surface area contributed by atoms with Gasteiger partial charge in [-0.25, -0.2) is 0 Å². The standard InChI is InChI=1S/C18H24N2OS2/c21-18(19-15-6-2-1-3-7-15)14-20(12-16-8-4-10-22-16)13-17-9-5-11-23-17/h4-5,8-11,15H,1-3,6-7,12-14H2,(H,19,21)/p+1. The molecule has 3 nitrogen and oxygen atoms in total. The Kier molecular flexibility index (Phi) is 6.25. The maximum Gasteiger partial charge on any atom is 0.275 e. The molecule has 5 heteroatoms. The Morgan fingerprint density at radius 3 is 2.17 bits per heavy atom. The summed E-state index contributed by atoms with van der Waals surface area (Å²) in [5.41, 5.74) is 0. The summed E-state index contributed by atoms with van der Waals surface area (Å²) in [4.78, 5) is 16.5. The lowest BCUT2D eigenvalue weighted by atomic mass is 9.95. The maximum absolute atomic E-state index is 12.5. The summed E-state index contributed by atoms with van der Waals surface area (Å²) >= 11 is 3.55. The molecule has 3 rings (SSSR count). The third-order valence-electron chi connectivity index (χ3n) is 4.39. The van der Waals surface area contributed by atoms with Gasteiger partial charge < -0.3 is 10.2 Å². The molecular formula is C18H25N2OS2+. The van der Waals surface area contributed by atoms with E-state index in [1.54, 1.807) is 22.7 Å². The van der Waals surface area contributed by atoms with Gasteiger partial charge in [-0.05, 0) is 35.7 Å². The summed E-state index contributed by atoms with van der Waals surface area (Å²) in [6.45, 7) is 2.41. The second-order valence-electron chi connectivity index (χ2n) is 6.34. The molecule has 1 fully saturated rings. The van der Waals surface area contributed by atoms with E-state index in [0.29, 0.717) is 12.6 Å². The van der Waals surface area contributed by atoms with Crippen molar-refractivity contribution in [3.63, 3.8) is 0 Å². The van der Waals surface area contributed by atoms with E-state index in [0.717, 1.165) is 25.9 Å². The summed E-state index contributed by atoms with van der Waals surface area (Å²) in [6, 6.07) is 8.91. The van der Waals surface area contributed by atoms with Crippen LogP contribution in [0.15, 0.2) is 35.0 Å². The van der Waals surface area contributed by atoms with Crippen LogP contribution in [0.25, 0.3) is 0 Å². The number of hydrogen-bond donors (Lipinski definition) is 2. The molecule has 2 aromatic rings. The first kappa shape index (κ1) is 16.7. The minimum atomic E-state index is 0.208. The van der Waals surface area contributed by atoms with Crippen molar-refractivity contribution in [1.29, 1.82) is 0 Å². The summed E-state index contributed by atoms with van der Waals surface area (Å²) in [6.07, 6.45) is 6.13. The van der Waals surface area contributed by atoms with Gasteiger partial charge in [0.2, 0.25) is 0 Å². The summed E-state index contributed by atoms with van der Waals surface area (Å²) in [5, 5.41) is 7.48. The molecule has 1 amide bonds. The van der Waals surface area contributed by atoms with Crippen LogP contribution in [0.3, 0.4) is 0 Å². The number of rotatable bonds is 7. The van der Waals surface area contributed by atoms with Gasteiger partial charge in [-0.3, -0.25) is 4.79 Å². The maximum atomic E-state index is 12.5. The summed E-state index contributed by atoms with van der Waals surface area (Å²) in [5.74, 6) is 0.208. The molecule has 0 aromatic carbocycles. The topological polar surface area (TPSA) is 33.5 Å². The lowest BCUT2D eigenvalue weighted by molar-refractivity contribution is -0.919. The third kappa shape index (κ3) is 5.44. The van der Waals surface area contributed by atoms with Crippen molar-refractivity contribution in [3.8, 4) is 0 Å². The number of hydrogen-bond acceptors (Lipinski definition) is 3. The fraction of sp³-hybridized carbons (Fsp3) is 0.500. The Balaban J connectivity index is 1.56. The monoisotopic (exact) mass is 349 g/mol. The molecule has 1 aliphatic carbocycles. The lowest BCUT2D eigenvalue weighted by Gasteiger charge is -2.24. The lowest BCUT2D eigenvalue weighted by Crippen LogP contribution is -3.10. The smallest absolute Gasteiger partial charge is 0.275 e. The third-order valence-corrected chi connectivity index (χ3v) is 6.14. The largest absolute Gasteiger partial charge is 0.348 e. The van der Waals surface area contributed by atoms with Gasteiger partial charge in [0, 0.05) is 6.04 Å². The molecule has 2 aromatic heterocycles. The highest BCUT2D eigenvalue weighted by atomic mass is 32.1. The number of carbonyl (C=O) groups is 1. The average molecular weight is 350 g/mol. The Labute approximate surface area is 146 Å². The molecule has 1 saturated carbocycles. The molecular weight excluding hydrogens is 324 g/mol. The zero-order valence-electron chi connectivity index (χ0n) is 13.4. The van der Waals surface area contributed by atoms with Crippen molar-refractivity contribution in [2.24, 2.45) is 0 Å². The Morgan fingerprint density at radius 1 is 1.04 bits per heavy atom. The van der Waals surface area contributed by atoms with Crippen LogP contribution in [0.1, 0.15) is 41.9 Å². The highest BCUT2D eigenvalue weighted by molar-refractivity contribution is 7.10. The molecule has 0 saturated heterocycles. The number of thiophene rings is 2. The SMILES string of the molecule is O=C(C[NH+](Cc1cccs1)Cc1cccs1)NC1CCCCC1. The summed E-state index contributed by atoms with van der Waals surface area (Å²) in [7, 11) is 0. The molecule has 124 valence electrons. The molecule has 0 unspecified atom stereocenters. The first-order valence-electron chi connectivity index (χ1n) is 8.47. The van der Waals surface area contributed by atoms with Crippen LogP contribution in [0.2, 0.25) is 0 Å². The van der Waals surface area contributed by atoms with Crippen molar-refractivity contribution in [3.05, 3.63) is 44.8 Å². The second-order valence-corrected chi connectivity index (χ2v) is 8.41. The molecule has 0 bridgehead atoms. The fourth-order valence-electron chi connectivity index (χ4n) is 3.26. The fourth-order valence-corrected chi connectivity index (χ4v) is 4.81. The molecule has 0 atom stereocenters. The van der Waals surface area contributed by atoms with Crippen molar-refractivity contribution < 1.29 is 9.69 Å². The van der Waals surface area contributed by atoms with Gasteiger partial charge in [-0.1, -0.05) is 31.4 Å². The summed E-state index contributed by atoms with van der Waals surface area (Å²) < 4.78 is 0. The van der Waals surface area contributed by atoms with E-state index in [2.05, 4.69) is 40.3 Å². The Hall–Kier alpha value is -1.17. The molecule has 0 aliphatic heterocycles. The van der Waals surface area contributed by atoms with Crippen molar-refractivity contribution >= 4 is 28.6 Å². The van der Waals surface area contributed by atoms with Gasteiger partial charge in [-0.2, -0.15) is 0 Å². The van der Waals surface area contributed by atoms with E-state index in [1.807, 2.05) is 0 Å². The first-order valence-corrected chi connectivity index (χ1v) is 10.2. The van der Waals surface area contributed by atoms with Gasteiger partial charge in [-0.15, -0.1) is 22.7 Å². The van der Waals surface area contributed by atoms with Gasteiger partial charge in [0.1, 0.15) is 13.1 Å². The van der Waals surface area contributed by atoms with Gasteiger partial charge in [0.25, 0.3) is 5.91 Å². The van der Waals surface area contributed by atoms with E-state index in [-0.39, 0.29) is 5.91 Å². The quantitative estimate of drug-likeness (QED) is 0.792. The second kappa shape index (κ2) is 8.62. The molecule has 23 heavy (non-hydrogen) atoms. The number of quaternary nitrogens is 1. The van der Waals surface area contributed by atoms with E-state index in [9.17, 15) is 4.79 Å². The van der Waals surface area contributed by atoms with Gasteiger partial charge >= 0.3 is 0 Å². The molecule has 2 heterocycles.